The van der Waals surface area contributed by atoms with Gasteiger partial charge in [0.2, 0.25) is 0 Å². The predicted octanol–water partition coefficient (Wildman–Crippen LogP) is 3.21. The Morgan fingerprint density at radius 1 is 1.48 bits per heavy atom. The van der Waals surface area contributed by atoms with Crippen molar-refractivity contribution < 1.29 is 4.79 Å². The van der Waals surface area contributed by atoms with Crippen molar-refractivity contribution in [2.45, 2.75) is 46.2 Å². The standard InChI is InChI=1S/C16H23N3OS/c1-4-7-19-10-13(17)9-15(19)16(20)18-11(2)8-14-6-5-12(3)21-14/h5-6,9-11H,4,7-8,17H2,1-3H3,(H,18,20). The number of aryl methyl sites for hydroxylation is 2. The molecule has 1 atom stereocenters. The second kappa shape index (κ2) is 6.80. The first-order valence-electron chi connectivity index (χ1n) is 7.31. The molecule has 5 heteroatoms. The molecule has 0 aromatic carbocycles. The predicted molar refractivity (Wildman–Crippen MR) is 88.8 cm³/mol. The summed E-state index contributed by atoms with van der Waals surface area (Å²) in [6.07, 6.45) is 3.65. The lowest BCUT2D eigenvalue weighted by molar-refractivity contribution is 0.0930. The van der Waals surface area contributed by atoms with Gasteiger partial charge in [0.15, 0.2) is 0 Å². The fourth-order valence-electron chi connectivity index (χ4n) is 2.39. The molecule has 4 nitrogen and oxygen atoms in total. The van der Waals surface area contributed by atoms with Gasteiger partial charge in [0.1, 0.15) is 5.69 Å². The summed E-state index contributed by atoms with van der Waals surface area (Å²) in [5.74, 6) is -0.0547. The average Bonchev–Trinajstić information content (AvgIpc) is 2.96. The molecule has 2 aromatic rings. The molecule has 0 saturated carbocycles. The monoisotopic (exact) mass is 305 g/mol. The van der Waals surface area contributed by atoms with E-state index in [4.69, 9.17) is 5.73 Å². The number of hydrogen-bond acceptors (Lipinski definition) is 3. The first-order valence-corrected chi connectivity index (χ1v) is 8.13. The minimum absolute atomic E-state index is 0.0547. The van der Waals surface area contributed by atoms with Gasteiger partial charge in [-0.1, -0.05) is 6.92 Å². The maximum Gasteiger partial charge on any atom is 0.268 e. The molecule has 0 spiro atoms. The van der Waals surface area contributed by atoms with Crippen LogP contribution in [0.5, 0.6) is 0 Å². The van der Waals surface area contributed by atoms with Crippen molar-refractivity contribution in [2.75, 3.05) is 5.73 Å². The van der Waals surface area contributed by atoms with Gasteiger partial charge in [-0.05, 0) is 38.5 Å². The molecule has 1 unspecified atom stereocenters. The first-order chi connectivity index (χ1) is 9.99. The molecule has 0 bridgehead atoms. The highest BCUT2D eigenvalue weighted by Crippen LogP contribution is 2.17. The van der Waals surface area contributed by atoms with Crippen LogP contribution >= 0.6 is 11.3 Å². The van der Waals surface area contributed by atoms with Crippen molar-refractivity contribution in [1.82, 2.24) is 9.88 Å². The molecule has 0 aliphatic carbocycles. The number of nitrogens with zero attached hydrogens (tertiary/aromatic N) is 1. The van der Waals surface area contributed by atoms with Crippen molar-refractivity contribution in [3.8, 4) is 0 Å². The Hall–Kier alpha value is -1.75. The van der Waals surface area contributed by atoms with Gasteiger partial charge in [-0.2, -0.15) is 0 Å². The topological polar surface area (TPSA) is 60.0 Å². The molecule has 2 heterocycles. The summed E-state index contributed by atoms with van der Waals surface area (Å²) >= 11 is 1.78. The van der Waals surface area contributed by atoms with Crippen LogP contribution < -0.4 is 11.1 Å². The summed E-state index contributed by atoms with van der Waals surface area (Å²) in [4.78, 5) is 15.0. The SMILES string of the molecule is CCCn1cc(N)cc1C(=O)NC(C)Cc1ccc(C)s1. The van der Waals surface area contributed by atoms with Gasteiger partial charge in [-0.25, -0.2) is 0 Å². The van der Waals surface area contributed by atoms with Gasteiger partial charge < -0.3 is 15.6 Å². The molecular formula is C16H23N3OS. The van der Waals surface area contributed by atoms with Crippen molar-refractivity contribution in [3.63, 3.8) is 0 Å². The van der Waals surface area contributed by atoms with Crippen molar-refractivity contribution >= 4 is 22.9 Å². The van der Waals surface area contributed by atoms with Crippen molar-refractivity contribution in [2.24, 2.45) is 0 Å². The van der Waals surface area contributed by atoms with Gasteiger partial charge >= 0.3 is 0 Å². The second-order valence-corrected chi connectivity index (χ2v) is 6.82. The van der Waals surface area contributed by atoms with Gasteiger partial charge in [0, 0.05) is 35.0 Å². The van der Waals surface area contributed by atoms with E-state index in [1.54, 1.807) is 17.4 Å². The number of anilines is 1. The summed E-state index contributed by atoms with van der Waals surface area (Å²) in [6.45, 7) is 7.01. The van der Waals surface area contributed by atoms with Crippen LogP contribution in [0.15, 0.2) is 24.4 Å². The highest BCUT2D eigenvalue weighted by atomic mass is 32.1. The lowest BCUT2D eigenvalue weighted by Gasteiger charge is -2.14. The number of rotatable bonds is 6. The quantitative estimate of drug-likeness (QED) is 0.861. The molecule has 3 N–H and O–H groups in total. The van der Waals surface area contributed by atoms with E-state index in [-0.39, 0.29) is 11.9 Å². The van der Waals surface area contributed by atoms with E-state index in [0.717, 1.165) is 19.4 Å². The van der Waals surface area contributed by atoms with Crippen LogP contribution in [0.1, 0.15) is 40.5 Å². The maximum absolute atomic E-state index is 12.4. The van der Waals surface area contributed by atoms with Gasteiger partial charge in [-0.15, -0.1) is 11.3 Å². The largest absolute Gasteiger partial charge is 0.397 e. The molecule has 21 heavy (non-hydrogen) atoms. The van der Waals surface area contributed by atoms with E-state index in [9.17, 15) is 4.79 Å². The highest BCUT2D eigenvalue weighted by Gasteiger charge is 2.15. The number of thiophene rings is 1. The van der Waals surface area contributed by atoms with E-state index < -0.39 is 0 Å². The lowest BCUT2D eigenvalue weighted by atomic mass is 10.2. The van der Waals surface area contributed by atoms with Gasteiger partial charge in [0.25, 0.3) is 5.91 Å². The zero-order valence-electron chi connectivity index (χ0n) is 12.8. The Labute approximate surface area is 130 Å². The van der Waals surface area contributed by atoms with E-state index in [1.807, 2.05) is 17.7 Å². The van der Waals surface area contributed by atoms with E-state index >= 15 is 0 Å². The third kappa shape index (κ3) is 4.11. The number of nitrogens with one attached hydrogen (secondary N) is 1. The molecule has 0 saturated heterocycles. The minimum atomic E-state index is -0.0547. The number of carbonyl (C=O) groups is 1. The third-order valence-corrected chi connectivity index (χ3v) is 4.32. The Morgan fingerprint density at radius 3 is 2.86 bits per heavy atom. The van der Waals surface area contributed by atoms with E-state index in [1.165, 1.54) is 9.75 Å². The zero-order valence-corrected chi connectivity index (χ0v) is 13.7. The Bertz CT molecular complexity index is 615. The van der Waals surface area contributed by atoms with Crippen LogP contribution in [-0.2, 0) is 13.0 Å². The molecule has 0 aliphatic heterocycles. The third-order valence-electron chi connectivity index (χ3n) is 3.30. The van der Waals surface area contributed by atoms with Gasteiger partial charge in [0.05, 0.1) is 5.69 Å². The summed E-state index contributed by atoms with van der Waals surface area (Å²) in [5, 5.41) is 3.06. The number of amides is 1. The van der Waals surface area contributed by atoms with E-state index in [2.05, 4.69) is 31.3 Å². The van der Waals surface area contributed by atoms with Crippen molar-refractivity contribution in [1.29, 1.82) is 0 Å². The lowest BCUT2D eigenvalue weighted by Crippen LogP contribution is -2.35. The smallest absolute Gasteiger partial charge is 0.268 e. The van der Waals surface area contributed by atoms with Crippen LogP contribution in [0.3, 0.4) is 0 Å². The summed E-state index contributed by atoms with van der Waals surface area (Å²) in [7, 11) is 0. The Balaban J connectivity index is 2.00. The van der Waals surface area contributed by atoms with Crippen LogP contribution in [0.2, 0.25) is 0 Å². The van der Waals surface area contributed by atoms with Gasteiger partial charge in [-0.3, -0.25) is 4.79 Å². The second-order valence-electron chi connectivity index (χ2n) is 5.44. The highest BCUT2D eigenvalue weighted by molar-refractivity contribution is 7.11. The molecule has 2 rings (SSSR count). The fraction of sp³-hybridized carbons (Fsp3) is 0.438. The van der Waals surface area contributed by atoms with Crippen LogP contribution in [0, 0.1) is 6.92 Å². The number of nitrogen functional groups attached to an aromatic ring is 1. The number of nitrogens with two attached hydrogens (primary N) is 1. The van der Waals surface area contributed by atoms with Crippen molar-refractivity contribution in [3.05, 3.63) is 39.8 Å². The van der Waals surface area contributed by atoms with Crippen LogP contribution in [-0.4, -0.2) is 16.5 Å². The zero-order chi connectivity index (χ0) is 15.4. The average molecular weight is 305 g/mol. The molecule has 1 amide bonds. The van der Waals surface area contributed by atoms with E-state index in [0.29, 0.717) is 11.4 Å². The summed E-state index contributed by atoms with van der Waals surface area (Å²) < 4.78 is 1.92. The normalized spacial score (nSPS) is 12.3. The Kier molecular flexibility index (Phi) is 5.07. The molecule has 0 aliphatic rings. The number of hydrogen-bond donors (Lipinski definition) is 2. The minimum Gasteiger partial charge on any atom is -0.397 e. The molecule has 0 radical (unpaired) electrons. The Morgan fingerprint density at radius 2 is 2.24 bits per heavy atom. The van der Waals surface area contributed by atoms with Crippen LogP contribution in [0.25, 0.3) is 0 Å². The molecule has 114 valence electrons. The summed E-state index contributed by atoms with van der Waals surface area (Å²) in [5.41, 5.74) is 7.08. The molecule has 0 fully saturated rings. The maximum atomic E-state index is 12.4. The first kappa shape index (κ1) is 15.6. The number of aromatic nitrogens is 1. The van der Waals surface area contributed by atoms with Crippen LogP contribution in [0.4, 0.5) is 5.69 Å². The molecular weight excluding hydrogens is 282 g/mol. The fourth-order valence-corrected chi connectivity index (χ4v) is 3.41. The molecule has 2 aromatic heterocycles. The number of carbonyl (C=O) groups excluding carboxylic acids is 1. The summed E-state index contributed by atoms with van der Waals surface area (Å²) in [6, 6.07) is 6.08.